The Morgan fingerprint density at radius 2 is 1.80 bits per heavy atom. The first kappa shape index (κ1) is 12.9. The fourth-order valence-corrected chi connectivity index (χ4v) is 2.30. The number of nitrogens with zero attached hydrogens (tertiary/aromatic N) is 2. The summed E-state index contributed by atoms with van der Waals surface area (Å²) in [4.78, 5) is 8.20. The zero-order valence-corrected chi connectivity index (χ0v) is 11.2. The van der Waals surface area contributed by atoms with Crippen LogP contribution in [0.3, 0.4) is 0 Å². The van der Waals surface area contributed by atoms with Crippen molar-refractivity contribution in [1.29, 1.82) is 0 Å². The van der Waals surface area contributed by atoms with Gasteiger partial charge in [0.15, 0.2) is 5.82 Å². The Kier molecular flexibility index (Phi) is 3.10. The summed E-state index contributed by atoms with van der Waals surface area (Å²) in [5.41, 5.74) is 1.47. The summed E-state index contributed by atoms with van der Waals surface area (Å²) in [6.45, 7) is 1.84. The zero-order valence-electron chi connectivity index (χ0n) is 10.5. The van der Waals surface area contributed by atoms with E-state index < -0.39 is 11.6 Å². The average Bonchev–Trinajstić information content (AvgIpc) is 2.41. The van der Waals surface area contributed by atoms with Gasteiger partial charge in [0, 0.05) is 0 Å². The largest absolute Gasteiger partial charge is 0.228 e. The molecule has 0 atom stereocenters. The first-order valence-corrected chi connectivity index (χ1v) is 6.32. The van der Waals surface area contributed by atoms with E-state index in [1.807, 2.05) is 6.92 Å². The van der Waals surface area contributed by atoms with E-state index in [0.29, 0.717) is 5.52 Å². The highest BCUT2D eigenvalue weighted by atomic mass is 35.5. The first-order valence-electron chi connectivity index (χ1n) is 5.94. The molecule has 20 heavy (non-hydrogen) atoms. The standard InChI is InChI=1S/C15H9ClF2N2/c1-8-5-6-10(17)9(7-8)15-19-12-4-2-3-11(18)13(12)14(16)20-15/h2-7H,1H3. The summed E-state index contributed by atoms with van der Waals surface area (Å²) in [6, 6.07) is 9.05. The third kappa shape index (κ3) is 2.12. The van der Waals surface area contributed by atoms with Gasteiger partial charge in [0.1, 0.15) is 16.8 Å². The summed E-state index contributed by atoms with van der Waals surface area (Å²) >= 11 is 6.00. The Morgan fingerprint density at radius 3 is 2.60 bits per heavy atom. The van der Waals surface area contributed by atoms with Gasteiger partial charge in [0.2, 0.25) is 0 Å². The van der Waals surface area contributed by atoms with E-state index in [1.165, 1.54) is 18.2 Å². The third-order valence-electron chi connectivity index (χ3n) is 2.99. The molecule has 3 rings (SSSR count). The highest BCUT2D eigenvalue weighted by Crippen LogP contribution is 2.28. The van der Waals surface area contributed by atoms with Crippen LogP contribution in [0.25, 0.3) is 22.3 Å². The minimum atomic E-state index is -0.497. The van der Waals surface area contributed by atoms with Gasteiger partial charge in [-0.15, -0.1) is 0 Å². The summed E-state index contributed by atoms with van der Waals surface area (Å²) in [7, 11) is 0. The molecule has 0 saturated carbocycles. The maximum atomic E-state index is 13.9. The number of hydrogen-bond acceptors (Lipinski definition) is 2. The monoisotopic (exact) mass is 290 g/mol. The van der Waals surface area contributed by atoms with Crippen LogP contribution >= 0.6 is 11.6 Å². The van der Waals surface area contributed by atoms with Crippen LogP contribution in [0, 0.1) is 18.6 Å². The normalized spacial score (nSPS) is 11.0. The van der Waals surface area contributed by atoms with Gasteiger partial charge < -0.3 is 0 Å². The van der Waals surface area contributed by atoms with E-state index in [-0.39, 0.29) is 21.9 Å². The van der Waals surface area contributed by atoms with E-state index in [2.05, 4.69) is 9.97 Å². The maximum absolute atomic E-state index is 13.9. The van der Waals surface area contributed by atoms with E-state index in [0.717, 1.165) is 5.56 Å². The molecule has 0 aliphatic heterocycles. The van der Waals surface area contributed by atoms with Crippen molar-refractivity contribution >= 4 is 22.5 Å². The topological polar surface area (TPSA) is 25.8 Å². The minimum absolute atomic E-state index is 0.0241. The van der Waals surface area contributed by atoms with Crippen LogP contribution < -0.4 is 0 Å². The van der Waals surface area contributed by atoms with Gasteiger partial charge in [0.25, 0.3) is 0 Å². The molecule has 2 nitrogen and oxygen atoms in total. The predicted molar refractivity (Wildman–Crippen MR) is 74.6 cm³/mol. The molecule has 0 N–H and O–H groups in total. The van der Waals surface area contributed by atoms with Crippen LogP contribution in [0.4, 0.5) is 8.78 Å². The molecule has 0 spiro atoms. The molecular weight excluding hydrogens is 282 g/mol. The van der Waals surface area contributed by atoms with Gasteiger partial charge in [-0.05, 0) is 31.2 Å². The highest BCUT2D eigenvalue weighted by molar-refractivity contribution is 6.34. The second-order valence-electron chi connectivity index (χ2n) is 4.46. The van der Waals surface area contributed by atoms with E-state index in [1.54, 1.807) is 18.2 Å². The van der Waals surface area contributed by atoms with Crippen molar-refractivity contribution in [3.63, 3.8) is 0 Å². The zero-order chi connectivity index (χ0) is 14.3. The van der Waals surface area contributed by atoms with E-state index in [4.69, 9.17) is 11.6 Å². The van der Waals surface area contributed by atoms with Gasteiger partial charge in [0.05, 0.1) is 16.5 Å². The Morgan fingerprint density at radius 1 is 1.00 bits per heavy atom. The quantitative estimate of drug-likeness (QED) is 0.615. The Hall–Kier alpha value is -2.07. The van der Waals surface area contributed by atoms with Gasteiger partial charge >= 0.3 is 0 Å². The van der Waals surface area contributed by atoms with Crippen molar-refractivity contribution in [3.8, 4) is 11.4 Å². The lowest BCUT2D eigenvalue weighted by Crippen LogP contribution is -1.96. The molecule has 100 valence electrons. The number of rotatable bonds is 1. The molecule has 0 unspecified atom stereocenters. The second-order valence-corrected chi connectivity index (χ2v) is 4.81. The summed E-state index contributed by atoms with van der Waals surface area (Å²) in [5, 5.41) is 0.120. The van der Waals surface area contributed by atoms with Crippen molar-refractivity contribution in [3.05, 3.63) is 58.7 Å². The number of halogens is 3. The predicted octanol–water partition coefficient (Wildman–Crippen LogP) is 4.54. The number of hydrogen-bond donors (Lipinski definition) is 0. The Bertz CT molecular complexity index is 818. The van der Waals surface area contributed by atoms with Crippen molar-refractivity contribution < 1.29 is 8.78 Å². The second kappa shape index (κ2) is 4.80. The van der Waals surface area contributed by atoms with Crippen LogP contribution in [0.1, 0.15) is 5.56 Å². The van der Waals surface area contributed by atoms with Gasteiger partial charge in [-0.2, -0.15) is 0 Å². The molecule has 3 aromatic rings. The molecule has 0 aliphatic rings. The molecule has 0 fully saturated rings. The molecule has 1 heterocycles. The molecule has 5 heteroatoms. The van der Waals surface area contributed by atoms with Crippen molar-refractivity contribution in [2.45, 2.75) is 6.92 Å². The molecule has 0 amide bonds. The maximum Gasteiger partial charge on any atom is 0.164 e. The summed E-state index contributed by atoms with van der Waals surface area (Å²) < 4.78 is 27.6. The number of aryl methyl sites for hydroxylation is 1. The fourth-order valence-electron chi connectivity index (χ4n) is 2.03. The molecular formula is C15H9ClF2N2. The van der Waals surface area contributed by atoms with Gasteiger partial charge in [-0.3, -0.25) is 0 Å². The van der Waals surface area contributed by atoms with Crippen molar-refractivity contribution in [1.82, 2.24) is 9.97 Å². The summed E-state index contributed by atoms with van der Waals surface area (Å²) in [5.74, 6) is -0.791. The highest BCUT2D eigenvalue weighted by Gasteiger charge is 2.14. The van der Waals surface area contributed by atoms with Crippen LogP contribution in [0.5, 0.6) is 0 Å². The van der Waals surface area contributed by atoms with Crippen LogP contribution in [-0.4, -0.2) is 9.97 Å². The third-order valence-corrected chi connectivity index (χ3v) is 3.26. The molecule has 1 aromatic heterocycles. The molecule has 0 bridgehead atoms. The fraction of sp³-hybridized carbons (Fsp3) is 0.0667. The van der Waals surface area contributed by atoms with Gasteiger partial charge in [-0.1, -0.05) is 29.3 Å². The molecule has 0 saturated heterocycles. The molecule has 0 radical (unpaired) electrons. The molecule has 0 aliphatic carbocycles. The molecule has 2 aromatic carbocycles. The average molecular weight is 291 g/mol. The van der Waals surface area contributed by atoms with Gasteiger partial charge in [-0.25, -0.2) is 18.7 Å². The van der Waals surface area contributed by atoms with Crippen molar-refractivity contribution in [2.75, 3.05) is 0 Å². The van der Waals surface area contributed by atoms with Crippen molar-refractivity contribution in [2.24, 2.45) is 0 Å². The lowest BCUT2D eigenvalue weighted by atomic mass is 10.1. The summed E-state index contributed by atoms with van der Waals surface area (Å²) in [6.07, 6.45) is 0. The van der Waals surface area contributed by atoms with E-state index in [9.17, 15) is 8.78 Å². The number of benzene rings is 2. The van der Waals surface area contributed by atoms with Crippen LogP contribution in [0.15, 0.2) is 36.4 Å². The van der Waals surface area contributed by atoms with Crippen LogP contribution in [-0.2, 0) is 0 Å². The number of aromatic nitrogens is 2. The van der Waals surface area contributed by atoms with E-state index >= 15 is 0 Å². The SMILES string of the molecule is Cc1ccc(F)c(-c2nc(Cl)c3c(F)cccc3n2)c1. The minimum Gasteiger partial charge on any atom is -0.228 e. The first-order chi connectivity index (χ1) is 9.56. The number of fused-ring (bicyclic) bond motifs is 1. The lowest BCUT2D eigenvalue weighted by Gasteiger charge is -2.07. The Balaban J connectivity index is 2.30. The Labute approximate surface area is 119 Å². The smallest absolute Gasteiger partial charge is 0.164 e. The van der Waals surface area contributed by atoms with Crippen LogP contribution in [0.2, 0.25) is 5.15 Å². The lowest BCUT2D eigenvalue weighted by molar-refractivity contribution is 0.629.